The molecule has 0 radical (unpaired) electrons. The van der Waals surface area contributed by atoms with Crippen molar-refractivity contribution in [2.75, 3.05) is 14.2 Å². The molecule has 0 aliphatic carbocycles. The van der Waals surface area contributed by atoms with Crippen molar-refractivity contribution >= 4 is 11.8 Å². The Morgan fingerprint density at radius 2 is 1.65 bits per heavy atom. The normalized spacial score (nSPS) is 10.0. The summed E-state index contributed by atoms with van der Waals surface area (Å²) < 4.78 is 18.1. The Bertz CT molecular complexity index is 714. The standard InChI is InChI=1S/C17H17FN2O3/c1-19-16(21)13-4-3-5-14(15(13)23-2)17(22)20-10-11-6-8-12(18)9-7-11/h3-9H,10H2,1-2H3,(H,19,21)(H,20,22). The van der Waals surface area contributed by atoms with Gasteiger partial charge in [0.15, 0.2) is 0 Å². The third-order valence-corrected chi connectivity index (χ3v) is 3.30. The van der Waals surface area contributed by atoms with Crippen molar-refractivity contribution in [1.82, 2.24) is 10.6 Å². The van der Waals surface area contributed by atoms with Crippen molar-refractivity contribution in [3.63, 3.8) is 0 Å². The maximum atomic E-state index is 12.9. The molecule has 2 N–H and O–H groups in total. The van der Waals surface area contributed by atoms with E-state index < -0.39 is 0 Å². The third kappa shape index (κ3) is 3.85. The van der Waals surface area contributed by atoms with Crippen LogP contribution in [0.1, 0.15) is 26.3 Å². The molecule has 6 heteroatoms. The first-order valence-corrected chi connectivity index (χ1v) is 6.98. The highest BCUT2D eigenvalue weighted by Crippen LogP contribution is 2.23. The number of carbonyl (C=O) groups is 2. The Morgan fingerprint density at radius 3 is 2.22 bits per heavy atom. The number of hydrogen-bond donors (Lipinski definition) is 2. The van der Waals surface area contributed by atoms with Crippen molar-refractivity contribution in [1.29, 1.82) is 0 Å². The van der Waals surface area contributed by atoms with Gasteiger partial charge in [-0.25, -0.2) is 4.39 Å². The molecule has 2 aromatic carbocycles. The first kappa shape index (κ1) is 16.5. The molecule has 0 spiro atoms. The summed E-state index contributed by atoms with van der Waals surface area (Å²) in [6.07, 6.45) is 0. The Labute approximate surface area is 133 Å². The summed E-state index contributed by atoms with van der Waals surface area (Å²) in [5.74, 6) is -0.838. The average Bonchev–Trinajstić information content (AvgIpc) is 2.59. The van der Waals surface area contributed by atoms with Crippen LogP contribution in [0.4, 0.5) is 4.39 Å². The van der Waals surface area contributed by atoms with Gasteiger partial charge in [0.05, 0.1) is 18.2 Å². The third-order valence-electron chi connectivity index (χ3n) is 3.30. The van der Waals surface area contributed by atoms with E-state index in [-0.39, 0.29) is 41.1 Å². The summed E-state index contributed by atoms with van der Waals surface area (Å²) in [5.41, 5.74) is 1.31. The zero-order valence-corrected chi connectivity index (χ0v) is 12.9. The number of ether oxygens (including phenoxy) is 1. The van der Waals surface area contributed by atoms with E-state index in [1.54, 1.807) is 30.3 Å². The number of amides is 2. The van der Waals surface area contributed by atoms with Crippen LogP contribution in [0.25, 0.3) is 0 Å². The molecule has 2 amide bonds. The van der Waals surface area contributed by atoms with E-state index >= 15 is 0 Å². The van der Waals surface area contributed by atoms with E-state index in [1.165, 1.54) is 26.3 Å². The molecule has 2 aromatic rings. The van der Waals surface area contributed by atoms with E-state index in [2.05, 4.69) is 10.6 Å². The van der Waals surface area contributed by atoms with Crippen LogP contribution in [-0.4, -0.2) is 26.0 Å². The lowest BCUT2D eigenvalue weighted by Crippen LogP contribution is -2.25. The summed E-state index contributed by atoms with van der Waals surface area (Å²) in [7, 11) is 2.90. The van der Waals surface area contributed by atoms with Gasteiger partial charge in [0.2, 0.25) is 0 Å². The second-order valence-corrected chi connectivity index (χ2v) is 4.77. The van der Waals surface area contributed by atoms with Crippen molar-refractivity contribution in [3.8, 4) is 5.75 Å². The van der Waals surface area contributed by atoms with Crippen molar-refractivity contribution < 1.29 is 18.7 Å². The van der Waals surface area contributed by atoms with Crippen LogP contribution in [0.5, 0.6) is 5.75 Å². The Balaban J connectivity index is 2.18. The van der Waals surface area contributed by atoms with Crippen LogP contribution in [0.3, 0.4) is 0 Å². The fourth-order valence-corrected chi connectivity index (χ4v) is 2.13. The molecule has 0 heterocycles. The molecular weight excluding hydrogens is 299 g/mol. The number of benzene rings is 2. The zero-order chi connectivity index (χ0) is 16.8. The molecule has 0 saturated heterocycles. The molecule has 0 unspecified atom stereocenters. The number of methoxy groups -OCH3 is 1. The smallest absolute Gasteiger partial charge is 0.255 e. The molecule has 0 atom stereocenters. The van der Waals surface area contributed by atoms with Gasteiger partial charge in [-0.3, -0.25) is 9.59 Å². The van der Waals surface area contributed by atoms with E-state index in [0.717, 1.165) is 5.56 Å². The van der Waals surface area contributed by atoms with Crippen LogP contribution in [0.15, 0.2) is 42.5 Å². The molecule has 23 heavy (non-hydrogen) atoms. The molecule has 0 aliphatic heterocycles. The number of halogens is 1. The SMILES string of the molecule is CNC(=O)c1cccc(C(=O)NCc2ccc(F)cc2)c1OC. The van der Waals surface area contributed by atoms with Gasteiger partial charge in [0.1, 0.15) is 11.6 Å². The molecule has 0 aromatic heterocycles. The van der Waals surface area contributed by atoms with E-state index in [4.69, 9.17) is 4.74 Å². The fourth-order valence-electron chi connectivity index (χ4n) is 2.13. The summed E-state index contributed by atoms with van der Waals surface area (Å²) in [6, 6.07) is 10.6. The number of nitrogens with one attached hydrogen (secondary N) is 2. The van der Waals surface area contributed by atoms with E-state index in [0.29, 0.717) is 0 Å². The molecule has 120 valence electrons. The molecular formula is C17H17FN2O3. The highest BCUT2D eigenvalue weighted by atomic mass is 19.1. The number of para-hydroxylation sites is 1. The highest BCUT2D eigenvalue weighted by molar-refractivity contribution is 6.04. The second-order valence-electron chi connectivity index (χ2n) is 4.77. The largest absolute Gasteiger partial charge is 0.495 e. The summed E-state index contributed by atoms with van der Waals surface area (Å²) in [6.45, 7) is 0.243. The molecule has 0 saturated carbocycles. The summed E-state index contributed by atoms with van der Waals surface area (Å²) in [5, 5.41) is 5.22. The number of carbonyl (C=O) groups excluding carboxylic acids is 2. The molecule has 2 rings (SSSR count). The van der Waals surface area contributed by atoms with E-state index in [1.807, 2.05) is 0 Å². The Kier molecular flexibility index (Phi) is 5.30. The topological polar surface area (TPSA) is 67.4 Å². The predicted octanol–water partition coefficient (Wildman–Crippen LogP) is 2.12. The molecule has 0 bridgehead atoms. The quantitative estimate of drug-likeness (QED) is 0.888. The highest BCUT2D eigenvalue weighted by Gasteiger charge is 2.19. The number of hydrogen-bond acceptors (Lipinski definition) is 3. The van der Waals surface area contributed by atoms with Crippen LogP contribution >= 0.6 is 0 Å². The van der Waals surface area contributed by atoms with Crippen LogP contribution < -0.4 is 15.4 Å². The van der Waals surface area contributed by atoms with Gasteiger partial charge in [0, 0.05) is 13.6 Å². The minimum absolute atomic E-state index is 0.212. The minimum Gasteiger partial charge on any atom is -0.495 e. The van der Waals surface area contributed by atoms with Crippen molar-refractivity contribution in [2.45, 2.75) is 6.54 Å². The lowest BCUT2D eigenvalue weighted by Gasteiger charge is -2.13. The van der Waals surface area contributed by atoms with Gasteiger partial charge in [-0.05, 0) is 29.8 Å². The van der Waals surface area contributed by atoms with Gasteiger partial charge in [-0.15, -0.1) is 0 Å². The van der Waals surface area contributed by atoms with Gasteiger partial charge < -0.3 is 15.4 Å². The van der Waals surface area contributed by atoms with Gasteiger partial charge in [-0.1, -0.05) is 18.2 Å². The first-order chi connectivity index (χ1) is 11.1. The Morgan fingerprint density at radius 1 is 1.04 bits per heavy atom. The fraction of sp³-hybridized carbons (Fsp3) is 0.176. The van der Waals surface area contributed by atoms with Crippen molar-refractivity contribution in [3.05, 3.63) is 65.0 Å². The van der Waals surface area contributed by atoms with Crippen molar-refractivity contribution in [2.24, 2.45) is 0 Å². The maximum absolute atomic E-state index is 12.9. The lowest BCUT2D eigenvalue weighted by atomic mass is 10.1. The van der Waals surface area contributed by atoms with E-state index in [9.17, 15) is 14.0 Å². The van der Waals surface area contributed by atoms with Crippen LogP contribution in [0, 0.1) is 5.82 Å². The zero-order valence-electron chi connectivity index (χ0n) is 12.9. The van der Waals surface area contributed by atoms with Crippen LogP contribution in [0.2, 0.25) is 0 Å². The van der Waals surface area contributed by atoms with Gasteiger partial charge >= 0.3 is 0 Å². The number of rotatable bonds is 5. The lowest BCUT2D eigenvalue weighted by molar-refractivity contribution is 0.0947. The summed E-state index contributed by atoms with van der Waals surface area (Å²) in [4.78, 5) is 24.2. The molecule has 0 fully saturated rings. The van der Waals surface area contributed by atoms with Gasteiger partial charge in [-0.2, -0.15) is 0 Å². The van der Waals surface area contributed by atoms with Crippen LogP contribution in [-0.2, 0) is 6.54 Å². The monoisotopic (exact) mass is 316 g/mol. The summed E-state index contributed by atoms with van der Waals surface area (Å²) >= 11 is 0. The maximum Gasteiger partial charge on any atom is 0.255 e. The average molecular weight is 316 g/mol. The Hall–Kier alpha value is -2.89. The minimum atomic E-state index is -0.378. The van der Waals surface area contributed by atoms with Gasteiger partial charge in [0.25, 0.3) is 11.8 Å². The molecule has 0 aliphatic rings. The first-order valence-electron chi connectivity index (χ1n) is 6.98. The molecule has 5 nitrogen and oxygen atoms in total. The second kappa shape index (κ2) is 7.40. The predicted molar refractivity (Wildman–Crippen MR) is 84.0 cm³/mol.